The third-order valence-corrected chi connectivity index (χ3v) is 8.45. The summed E-state index contributed by atoms with van der Waals surface area (Å²) in [6, 6.07) is 9.66. The highest BCUT2D eigenvalue weighted by molar-refractivity contribution is 5.91. The zero-order valence-electron chi connectivity index (χ0n) is 26.1. The maximum Gasteiger partial charge on any atom is 0.330 e. The second-order valence-electron chi connectivity index (χ2n) is 11.8. The van der Waals surface area contributed by atoms with E-state index in [1.54, 1.807) is 40.6 Å². The van der Waals surface area contributed by atoms with Gasteiger partial charge in [-0.05, 0) is 36.2 Å². The number of rotatable bonds is 11. The van der Waals surface area contributed by atoms with Gasteiger partial charge in [0.15, 0.2) is 11.4 Å². The van der Waals surface area contributed by atoms with E-state index in [-0.39, 0.29) is 42.4 Å². The van der Waals surface area contributed by atoms with Crippen molar-refractivity contribution in [3.63, 3.8) is 0 Å². The third kappa shape index (κ3) is 6.02. The highest BCUT2D eigenvalue weighted by Crippen LogP contribution is 2.27. The number of fused-ring (bicyclic) bond motifs is 3. The number of carbonyl (C=O) groups is 1. The van der Waals surface area contributed by atoms with Gasteiger partial charge in [-0.25, -0.2) is 9.18 Å². The van der Waals surface area contributed by atoms with Crippen molar-refractivity contribution in [2.24, 2.45) is 18.7 Å². The molecule has 5 aromatic rings. The summed E-state index contributed by atoms with van der Waals surface area (Å²) in [5, 5.41) is 7.26. The monoisotopic (exact) mass is 634 g/mol. The topological polar surface area (TPSA) is 167 Å². The van der Waals surface area contributed by atoms with E-state index < -0.39 is 6.04 Å². The number of amides is 1. The fraction of sp³-hybridized carbons (Fsp3) is 0.419. The summed E-state index contributed by atoms with van der Waals surface area (Å²) in [5.74, 6) is 0.583. The molecule has 1 unspecified atom stereocenters. The van der Waals surface area contributed by atoms with E-state index in [0.29, 0.717) is 78.8 Å². The second kappa shape index (κ2) is 12.8. The van der Waals surface area contributed by atoms with Crippen molar-refractivity contribution in [3.8, 4) is 17.2 Å². The first-order valence-corrected chi connectivity index (χ1v) is 15.3. The summed E-state index contributed by atoms with van der Waals surface area (Å²) in [7, 11) is 1.71. The minimum Gasteiger partial charge on any atom is -0.492 e. The zero-order chi connectivity index (χ0) is 32.5. The van der Waals surface area contributed by atoms with Crippen molar-refractivity contribution < 1.29 is 18.3 Å². The van der Waals surface area contributed by atoms with Crippen LogP contribution in [-0.2, 0) is 18.4 Å². The molecule has 1 saturated heterocycles. The Kier molecular flexibility index (Phi) is 8.69. The van der Waals surface area contributed by atoms with Crippen LogP contribution in [0.25, 0.3) is 28.1 Å². The lowest BCUT2D eigenvalue weighted by molar-refractivity contribution is -0.123. The van der Waals surface area contributed by atoms with Crippen molar-refractivity contribution in [2.45, 2.75) is 26.4 Å². The van der Waals surface area contributed by atoms with Crippen LogP contribution in [0.1, 0.15) is 13.8 Å². The highest BCUT2D eigenvalue weighted by atomic mass is 19.1. The third-order valence-electron chi connectivity index (χ3n) is 8.45. The van der Waals surface area contributed by atoms with E-state index in [9.17, 15) is 9.59 Å². The van der Waals surface area contributed by atoms with Crippen LogP contribution in [0, 0.1) is 11.7 Å². The van der Waals surface area contributed by atoms with Crippen LogP contribution >= 0.6 is 0 Å². The Balaban J connectivity index is 1.05. The summed E-state index contributed by atoms with van der Waals surface area (Å²) in [4.78, 5) is 34.1. The number of hydrogen-bond donors (Lipinski definition) is 3. The van der Waals surface area contributed by atoms with Crippen molar-refractivity contribution >= 4 is 34.2 Å². The number of imidazole rings is 1. The van der Waals surface area contributed by atoms with Crippen LogP contribution in [0.2, 0.25) is 0 Å². The molecular weight excluding hydrogens is 595 g/mol. The van der Waals surface area contributed by atoms with E-state index >= 15 is 4.39 Å². The summed E-state index contributed by atoms with van der Waals surface area (Å²) in [6.45, 7) is 7.93. The maximum absolute atomic E-state index is 15.1. The normalized spacial score (nSPS) is 14.9. The molecule has 4 aromatic heterocycles. The minimum absolute atomic E-state index is 0.0352. The van der Waals surface area contributed by atoms with Crippen molar-refractivity contribution in [1.82, 2.24) is 33.9 Å². The van der Waals surface area contributed by atoms with Gasteiger partial charge >= 0.3 is 5.69 Å². The van der Waals surface area contributed by atoms with Gasteiger partial charge in [-0.3, -0.25) is 18.8 Å². The van der Waals surface area contributed by atoms with Gasteiger partial charge < -0.3 is 30.8 Å². The van der Waals surface area contributed by atoms with E-state index in [0.717, 1.165) is 0 Å². The Morgan fingerprint density at radius 3 is 2.63 bits per heavy atom. The highest BCUT2D eigenvalue weighted by Gasteiger charge is 2.23. The molecule has 1 aliphatic heterocycles. The molecule has 0 bridgehead atoms. The lowest BCUT2D eigenvalue weighted by Gasteiger charge is -2.36. The number of nitrogens with one attached hydrogen (secondary N) is 1. The lowest BCUT2D eigenvalue weighted by Crippen LogP contribution is -2.47. The van der Waals surface area contributed by atoms with E-state index in [2.05, 4.69) is 20.3 Å². The quantitative estimate of drug-likeness (QED) is 0.182. The maximum atomic E-state index is 15.1. The number of anilines is 2. The number of hydrogen-bond acceptors (Lipinski definition) is 10. The Hall–Kier alpha value is -4.89. The molecule has 0 aliphatic carbocycles. The van der Waals surface area contributed by atoms with Gasteiger partial charge in [0.2, 0.25) is 11.9 Å². The summed E-state index contributed by atoms with van der Waals surface area (Å²) in [5.41, 5.74) is 14.8. The summed E-state index contributed by atoms with van der Waals surface area (Å²) >= 11 is 0. The van der Waals surface area contributed by atoms with Crippen molar-refractivity contribution in [2.75, 3.05) is 56.5 Å². The minimum atomic E-state index is -0.578. The average Bonchev–Trinajstić information content (AvgIpc) is 3.78. The van der Waals surface area contributed by atoms with E-state index in [1.807, 2.05) is 30.9 Å². The van der Waals surface area contributed by atoms with Crippen LogP contribution in [0.3, 0.4) is 0 Å². The van der Waals surface area contributed by atoms with Crippen molar-refractivity contribution in [3.05, 3.63) is 59.0 Å². The molecule has 5 heterocycles. The molecule has 46 heavy (non-hydrogen) atoms. The van der Waals surface area contributed by atoms with E-state index in [4.69, 9.17) is 20.6 Å². The Morgan fingerprint density at radius 2 is 1.93 bits per heavy atom. The zero-order valence-corrected chi connectivity index (χ0v) is 26.1. The summed E-state index contributed by atoms with van der Waals surface area (Å²) in [6.07, 6.45) is 1.57. The molecule has 0 spiro atoms. The number of carbonyl (C=O) groups excluding carboxylic acids is 1. The van der Waals surface area contributed by atoms with Crippen LogP contribution in [0.4, 0.5) is 16.0 Å². The number of nitrogens with zero attached hydrogens (tertiary/aromatic N) is 7. The molecule has 1 atom stereocenters. The van der Waals surface area contributed by atoms with Crippen LogP contribution in [0.15, 0.2) is 51.9 Å². The number of piperazine rings is 1. The smallest absolute Gasteiger partial charge is 0.330 e. The van der Waals surface area contributed by atoms with Gasteiger partial charge in [0.05, 0.1) is 30.1 Å². The first-order valence-electron chi connectivity index (χ1n) is 15.3. The number of ether oxygens (including phenoxy) is 1. The molecule has 15 heteroatoms. The molecule has 1 amide bonds. The largest absolute Gasteiger partial charge is 0.492 e. The van der Waals surface area contributed by atoms with Crippen LogP contribution in [0.5, 0.6) is 5.75 Å². The van der Waals surface area contributed by atoms with E-state index in [1.165, 1.54) is 10.6 Å². The predicted molar refractivity (Wildman–Crippen MR) is 172 cm³/mol. The molecule has 14 nitrogen and oxygen atoms in total. The number of aryl methyl sites for hydroxylation is 1. The molecule has 244 valence electrons. The predicted octanol–water partition coefficient (Wildman–Crippen LogP) is 1.66. The Bertz CT molecular complexity index is 1900. The first-order chi connectivity index (χ1) is 22.1. The van der Waals surface area contributed by atoms with Gasteiger partial charge in [-0.2, -0.15) is 14.6 Å². The van der Waals surface area contributed by atoms with Crippen LogP contribution < -0.4 is 32.1 Å². The SMILES string of the molecule is CC(C)C(N)C(=O)NCCOc1ccc(N2CCN(CCn3c(=O)n(C)c4c3nc(N)n3nc(-c5ccco5)cc43)CC2)c(F)c1. The number of nitrogen functional groups attached to an aromatic ring is 1. The lowest BCUT2D eigenvalue weighted by atomic mass is 10.1. The Morgan fingerprint density at radius 1 is 1.15 bits per heavy atom. The van der Waals surface area contributed by atoms with Crippen molar-refractivity contribution in [1.29, 1.82) is 0 Å². The number of furan rings is 1. The average molecular weight is 635 g/mol. The second-order valence-corrected chi connectivity index (χ2v) is 11.8. The molecule has 0 saturated carbocycles. The molecular formula is C31H39FN10O4. The van der Waals surface area contributed by atoms with Gasteiger partial charge in [0.1, 0.15) is 29.4 Å². The first kappa shape index (κ1) is 31.1. The molecule has 6 rings (SSSR count). The van der Waals surface area contributed by atoms with Crippen LogP contribution in [-0.4, -0.2) is 86.5 Å². The number of halogens is 1. The Labute approximate surface area is 264 Å². The fourth-order valence-electron chi connectivity index (χ4n) is 5.72. The van der Waals surface area contributed by atoms with Gasteiger partial charge in [-0.15, -0.1) is 0 Å². The number of nitrogens with two attached hydrogens (primary N) is 2. The fourth-order valence-corrected chi connectivity index (χ4v) is 5.72. The standard InChI is InChI=1S/C31H39FN10O4/c1-19(2)26(33)29(43)35-8-16-45-20-6-7-23(21(32)17-20)40-12-9-39(10-13-40)11-14-41-28-27(38(3)31(41)44)24-18-22(25-5-4-15-46-25)37-42(24)30(34)36-28/h4-7,15,17-19,26H,8-14,16,33H2,1-3H3,(H2,34,36)(H,35,43). The molecule has 1 aliphatic rings. The van der Waals surface area contributed by atoms with Gasteiger partial charge in [-0.1, -0.05) is 13.8 Å². The number of aromatic nitrogens is 5. The molecule has 1 aromatic carbocycles. The number of benzene rings is 1. The molecule has 1 fully saturated rings. The van der Waals surface area contributed by atoms with Gasteiger partial charge in [0.25, 0.3) is 0 Å². The molecule has 0 radical (unpaired) electrons. The summed E-state index contributed by atoms with van der Waals surface area (Å²) < 4.78 is 30.9. The molecule has 5 N–H and O–H groups in total. The van der Waals surface area contributed by atoms with Gasteiger partial charge in [0, 0.05) is 52.4 Å².